The van der Waals surface area contributed by atoms with E-state index < -0.39 is 5.60 Å². The lowest BCUT2D eigenvalue weighted by Gasteiger charge is -2.52. The highest BCUT2D eigenvalue weighted by atomic mass is 16.3. The van der Waals surface area contributed by atoms with Crippen LogP contribution in [0.2, 0.25) is 0 Å². The number of para-hydroxylation sites is 2. The number of hydrogen-bond donors (Lipinski definition) is 2. The minimum absolute atomic E-state index is 0.0495. The van der Waals surface area contributed by atoms with E-state index in [-0.39, 0.29) is 17.9 Å². The first kappa shape index (κ1) is 17.4. The van der Waals surface area contributed by atoms with Crippen molar-refractivity contribution < 1.29 is 9.90 Å². The predicted octanol–water partition coefficient (Wildman–Crippen LogP) is 3.86. The second kappa shape index (κ2) is 6.74. The van der Waals surface area contributed by atoms with Gasteiger partial charge in [0.15, 0.2) is 5.82 Å². The summed E-state index contributed by atoms with van der Waals surface area (Å²) in [6, 6.07) is 17.7. The number of benzene rings is 2. The third-order valence-corrected chi connectivity index (χ3v) is 6.60. The summed E-state index contributed by atoms with van der Waals surface area (Å²) in [6.45, 7) is 0.544. The van der Waals surface area contributed by atoms with Crippen molar-refractivity contribution in [1.82, 2.24) is 14.9 Å². The van der Waals surface area contributed by atoms with Crippen molar-refractivity contribution in [3.63, 3.8) is 0 Å². The number of imidazole rings is 1. The van der Waals surface area contributed by atoms with E-state index in [0.29, 0.717) is 18.8 Å². The number of carbonyl (C=O) groups excluding carboxylic acids is 1. The van der Waals surface area contributed by atoms with E-state index in [1.54, 1.807) is 0 Å². The highest BCUT2D eigenvalue weighted by Gasteiger charge is 2.50. The van der Waals surface area contributed by atoms with Crippen LogP contribution in [0.3, 0.4) is 0 Å². The van der Waals surface area contributed by atoms with Gasteiger partial charge in [0.05, 0.1) is 16.6 Å². The van der Waals surface area contributed by atoms with Gasteiger partial charge in [0.2, 0.25) is 0 Å². The number of rotatable bonds is 2. The van der Waals surface area contributed by atoms with Gasteiger partial charge in [-0.1, -0.05) is 55.3 Å². The minimum atomic E-state index is -0.864. The molecule has 1 saturated carbocycles. The summed E-state index contributed by atoms with van der Waals surface area (Å²) in [4.78, 5) is 23.0. The lowest BCUT2D eigenvalue weighted by Crippen LogP contribution is -2.59. The third kappa shape index (κ3) is 2.73. The number of aromatic nitrogens is 2. The molecule has 2 aromatic carbocycles. The van der Waals surface area contributed by atoms with Crippen LogP contribution in [-0.4, -0.2) is 38.5 Å². The van der Waals surface area contributed by atoms with Gasteiger partial charge >= 0.3 is 0 Å². The highest BCUT2D eigenvalue weighted by Crippen LogP contribution is 2.47. The molecule has 5 rings (SSSR count). The topological polar surface area (TPSA) is 69.2 Å². The van der Waals surface area contributed by atoms with Gasteiger partial charge in [-0.3, -0.25) is 4.79 Å². The summed E-state index contributed by atoms with van der Waals surface area (Å²) in [7, 11) is 0. The zero-order chi connectivity index (χ0) is 19.1. The van der Waals surface area contributed by atoms with Gasteiger partial charge in [-0.2, -0.15) is 0 Å². The summed E-state index contributed by atoms with van der Waals surface area (Å²) in [5.41, 5.74) is 1.80. The molecule has 2 aliphatic rings. The van der Waals surface area contributed by atoms with Gasteiger partial charge in [0.1, 0.15) is 0 Å². The Morgan fingerprint density at radius 1 is 1.07 bits per heavy atom. The maximum atomic E-state index is 13.3. The molecule has 1 saturated heterocycles. The monoisotopic (exact) mass is 375 g/mol. The van der Waals surface area contributed by atoms with E-state index in [9.17, 15) is 9.90 Å². The van der Waals surface area contributed by atoms with Crippen LogP contribution in [0, 0.1) is 5.92 Å². The Bertz CT molecular complexity index is 966. The summed E-state index contributed by atoms with van der Waals surface area (Å²) >= 11 is 0. The Balaban J connectivity index is 1.48. The molecule has 2 N–H and O–H groups in total. The molecule has 1 amide bonds. The summed E-state index contributed by atoms with van der Waals surface area (Å²) in [5.74, 6) is 0.407. The van der Waals surface area contributed by atoms with Crippen molar-refractivity contribution >= 4 is 16.9 Å². The van der Waals surface area contributed by atoms with Crippen LogP contribution >= 0.6 is 0 Å². The fourth-order valence-corrected chi connectivity index (χ4v) is 5.21. The number of carbonyl (C=O) groups is 1. The molecular weight excluding hydrogens is 350 g/mol. The lowest BCUT2D eigenvalue weighted by atomic mass is 9.66. The number of nitrogens with one attached hydrogen (secondary N) is 1. The number of aliphatic hydroxyl groups is 1. The maximum absolute atomic E-state index is 13.3. The number of amides is 1. The number of H-pyrrole nitrogens is 1. The van der Waals surface area contributed by atoms with Crippen molar-refractivity contribution in [3.05, 3.63) is 66.0 Å². The normalized spacial score (nSPS) is 27.5. The van der Waals surface area contributed by atoms with Crippen LogP contribution in [-0.2, 0) is 5.60 Å². The quantitative estimate of drug-likeness (QED) is 0.715. The molecule has 3 unspecified atom stereocenters. The number of piperidine rings is 1. The van der Waals surface area contributed by atoms with Gasteiger partial charge in [0, 0.05) is 18.5 Å². The first-order chi connectivity index (χ1) is 13.7. The van der Waals surface area contributed by atoms with E-state index in [1.807, 2.05) is 59.5 Å². The van der Waals surface area contributed by atoms with Gasteiger partial charge in [-0.15, -0.1) is 0 Å². The second-order valence-electron chi connectivity index (χ2n) is 8.10. The Kier molecular flexibility index (Phi) is 4.20. The van der Waals surface area contributed by atoms with E-state index in [1.165, 1.54) is 0 Å². The SMILES string of the molecule is O=C(c1nc2ccccc2[nH]1)N1CCC(O)(c2ccccc2)C2CCCCC21. The molecule has 0 bridgehead atoms. The summed E-state index contributed by atoms with van der Waals surface area (Å²) in [5, 5.41) is 11.7. The molecule has 28 heavy (non-hydrogen) atoms. The van der Waals surface area contributed by atoms with Crippen LogP contribution < -0.4 is 0 Å². The number of aromatic amines is 1. The Morgan fingerprint density at radius 3 is 2.64 bits per heavy atom. The smallest absolute Gasteiger partial charge is 0.289 e. The molecule has 144 valence electrons. The van der Waals surface area contributed by atoms with Crippen molar-refractivity contribution in [3.8, 4) is 0 Å². The molecule has 0 radical (unpaired) electrons. The number of nitrogens with zero attached hydrogens (tertiary/aromatic N) is 2. The second-order valence-corrected chi connectivity index (χ2v) is 8.10. The molecule has 3 atom stereocenters. The predicted molar refractivity (Wildman–Crippen MR) is 108 cm³/mol. The number of hydrogen-bond acceptors (Lipinski definition) is 3. The molecule has 3 aromatic rings. The largest absolute Gasteiger partial charge is 0.385 e. The van der Waals surface area contributed by atoms with Crippen molar-refractivity contribution in [2.24, 2.45) is 5.92 Å². The van der Waals surface area contributed by atoms with E-state index in [4.69, 9.17) is 0 Å². The first-order valence-corrected chi connectivity index (χ1v) is 10.2. The molecule has 2 fully saturated rings. The molecule has 1 aliphatic heterocycles. The van der Waals surface area contributed by atoms with Crippen molar-refractivity contribution in [2.45, 2.75) is 43.7 Å². The molecule has 1 aliphatic carbocycles. The van der Waals surface area contributed by atoms with Crippen LogP contribution in [0.15, 0.2) is 54.6 Å². The van der Waals surface area contributed by atoms with Gasteiger partial charge in [-0.25, -0.2) is 4.98 Å². The molecule has 1 aromatic heterocycles. The highest BCUT2D eigenvalue weighted by molar-refractivity contribution is 5.94. The van der Waals surface area contributed by atoms with Crippen LogP contribution in [0.5, 0.6) is 0 Å². The van der Waals surface area contributed by atoms with Gasteiger partial charge in [-0.05, 0) is 37.0 Å². The minimum Gasteiger partial charge on any atom is -0.385 e. The maximum Gasteiger partial charge on any atom is 0.289 e. The fraction of sp³-hybridized carbons (Fsp3) is 0.391. The van der Waals surface area contributed by atoms with E-state index in [2.05, 4.69) is 9.97 Å². The molecular formula is C23H25N3O2. The Morgan fingerprint density at radius 2 is 1.82 bits per heavy atom. The molecule has 5 heteroatoms. The van der Waals surface area contributed by atoms with Crippen LogP contribution in [0.25, 0.3) is 11.0 Å². The third-order valence-electron chi connectivity index (χ3n) is 6.60. The Labute approximate surface area is 164 Å². The lowest BCUT2D eigenvalue weighted by molar-refractivity contribution is -0.110. The number of fused-ring (bicyclic) bond motifs is 2. The van der Waals surface area contributed by atoms with Crippen LogP contribution in [0.4, 0.5) is 0 Å². The van der Waals surface area contributed by atoms with Gasteiger partial charge < -0.3 is 15.0 Å². The first-order valence-electron chi connectivity index (χ1n) is 10.2. The van der Waals surface area contributed by atoms with Gasteiger partial charge in [0.25, 0.3) is 5.91 Å². The fourth-order valence-electron chi connectivity index (χ4n) is 5.21. The standard InChI is InChI=1S/C23H25N3O2/c27-22(21-24-18-11-5-6-12-19(18)25-21)26-15-14-23(28,16-8-2-1-3-9-16)17-10-4-7-13-20(17)26/h1-3,5-6,8-9,11-12,17,20,28H,4,7,10,13-15H2,(H,24,25). The Hall–Kier alpha value is -2.66. The average molecular weight is 375 g/mol. The average Bonchev–Trinajstić information content (AvgIpc) is 3.19. The number of likely N-dealkylation sites (tertiary alicyclic amines) is 1. The zero-order valence-electron chi connectivity index (χ0n) is 15.8. The van der Waals surface area contributed by atoms with E-state index in [0.717, 1.165) is 42.3 Å². The zero-order valence-corrected chi connectivity index (χ0v) is 15.8. The summed E-state index contributed by atoms with van der Waals surface area (Å²) in [6.07, 6.45) is 4.63. The van der Waals surface area contributed by atoms with E-state index >= 15 is 0 Å². The van der Waals surface area contributed by atoms with Crippen LogP contribution in [0.1, 0.15) is 48.3 Å². The molecule has 0 spiro atoms. The molecule has 5 nitrogen and oxygen atoms in total. The van der Waals surface area contributed by atoms with Crippen molar-refractivity contribution in [2.75, 3.05) is 6.54 Å². The summed E-state index contributed by atoms with van der Waals surface area (Å²) < 4.78 is 0. The molecule has 2 heterocycles. The van der Waals surface area contributed by atoms with Crippen molar-refractivity contribution in [1.29, 1.82) is 0 Å².